The predicted octanol–water partition coefficient (Wildman–Crippen LogP) is 3.31. The molecular formula is C15H18N2O2S. The molecule has 106 valence electrons. The van der Waals surface area contributed by atoms with Crippen molar-refractivity contribution >= 4 is 17.2 Å². The van der Waals surface area contributed by atoms with Crippen molar-refractivity contribution in [3.63, 3.8) is 0 Å². The SMILES string of the molecule is Cc1oc(-c2cccs2)nc1CC(=O)NC1CCCC1. The molecule has 0 unspecified atom stereocenters. The fraction of sp³-hybridized carbons (Fsp3) is 0.467. The van der Waals surface area contributed by atoms with Gasteiger partial charge in [0.05, 0.1) is 17.0 Å². The number of oxazole rings is 1. The maximum absolute atomic E-state index is 12.0. The lowest BCUT2D eigenvalue weighted by Gasteiger charge is -2.10. The van der Waals surface area contributed by atoms with Gasteiger partial charge in [0.2, 0.25) is 11.8 Å². The van der Waals surface area contributed by atoms with Crippen LogP contribution in [0, 0.1) is 6.92 Å². The minimum absolute atomic E-state index is 0.0472. The van der Waals surface area contributed by atoms with Gasteiger partial charge in [0.1, 0.15) is 5.76 Å². The van der Waals surface area contributed by atoms with Crippen molar-refractivity contribution in [3.05, 3.63) is 29.0 Å². The summed E-state index contributed by atoms with van der Waals surface area (Å²) in [6.45, 7) is 1.86. The van der Waals surface area contributed by atoms with Crippen molar-refractivity contribution in [2.45, 2.75) is 45.1 Å². The van der Waals surface area contributed by atoms with E-state index in [9.17, 15) is 4.79 Å². The van der Waals surface area contributed by atoms with E-state index in [1.54, 1.807) is 11.3 Å². The number of aryl methyl sites for hydroxylation is 1. The van der Waals surface area contributed by atoms with Crippen LogP contribution < -0.4 is 5.32 Å². The number of hydrogen-bond acceptors (Lipinski definition) is 4. The number of carbonyl (C=O) groups excluding carboxylic acids is 1. The summed E-state index contributed by atoms with van der Waals surface area (Å²) in [5, 5.41) is 5.07. The first-order valence-corrected chi connectivity index (χ1v) is 7.90. The van der Waals surface area contributed by atoms with E-state index in [-0.39, 0.29) is 5.91 Å². The summed E-state index contributed by atoms with van der Waals surface area (Å²) in [7, 11) is 0. The summed E-state index contributed by atoms with van der Waals surface area (Å²) < 4.78 is 5.65. The quantitative estimate of drug-likeness (QED) is 0.940. The van der Waals surface area contributed by atoms with E-state index < -0.39 is 0 Å². The summed E-state index contributed by atoms with van der Waals surface area (Å²) in [4.78, 5) is 17.5. The molecule has 2 heterocycles. The summed E-state index contributed by atoms with van der Waals surface area (Å²) in [6, 6.07) is 4.29. The second-order valence-electron chi connectivity index (χ2n) is 5.22. The molecule has 1 N–H and O–H groups in total. The van der Waals surface area contributed by atoms with Crippen LogP contribution in [0.5, 0.6) is 0 Å². The highest BCUT2D eigenvalue weighted by atomic mass is 32.1. The number of hydrogen-bond donors (Lipinski definition) is 1. The molecule has 0 spiro atoms. The maximum atomic E-state index is 12.0. The van der Waals surface area contributed by atoms with Gasteiger partial charge < -0.3 is 9.73 Å². The van der Waals surface area contributed by atoms with Crippen molar-refractivity contribution in [2.75, 3.05) is 0 Å². The molecule has 0 aliphatic heterocycles. The molecule has 4 nitrogen and oxygen atoms in total. The normalized spacial score (nSPS) is 15.7. The molecule has 3 rings (SSSR count). The number of thiophene rings is 1. The lowest BCUT2D eigenvalue weighted by Crippen LogP contribution is -2.33. The first kappa shape index (κ1) is 13.4. The summed E-state index contributed by atoms with van der Waals surface area (Å²) >= 11 is 1.59. The van der Waals surface area contributed by atoms with Gasteiger partial charge in [-0.3, -0.25) is 4.79 Å². The molecule has 0 bridgehead atoms. The van der Waals surface area contributed by atoms with Crippen molar-refractivity contribution < 1.29 is 9.21 Å². The van der Waals surface area contributed by atoms with Gasteiger partial charge in [-0.2, -0.15) is 0 Å². The van der Waals surface area contributed by atoms with Crippen LogP contribution in [0.4, 0.5) is 0 Å². The number of nitrogens with one attached hydrogen (secondary N) is 1. The third-order valence-corrected chi connectivity index (χ3v) is 4.53. The topological polar surface area (TPSA) is 55.1 Å². The molecule has 20 heavy (non-hydrogen) atoms. The molecule has 0 radical (unpaired) electrons. The Balaban J connectivity index is 1.66. The van der Waals surface area contributed by atoms with E-state index in [2.05, 4.69) is 10.3 Å². The highest BCUT2D eigenvalue weighted by molar-refractivity contribution is 7.13. The highest BCUT2D eigenvalue weighted by Crippen LogP contribution is 2.26. The Labute approximate surface area is 122 Å². The first-order valence-electron chi connectivity index (χ1n) is 7.02. The minimum atomic E-state index is 0.0472. The minimum Gasteiger partial charge on any atom is -0.440 e. The van der Waals surface area contributed by atoms with Crippen molar-refractivity contribution in [2.24, 2.45) is 0 Å². The monoisotopic (exact) mass is 290 g/mol. The molecule has 2 aromatic heterocycles. The van der Waals surface area contributed by atoms with Gasteiger partial charge in [0.25, 0.3) is 0 Å². The Hall–Kier alpha value is -1.62. The highest BCUT2D eigenvalue weighted by Gasteiger charge is 2.19. The van der Waals surface area contributed by atoms with Crippen LogP contribution in [0.1, 0.15) is 37.1 Å². The van der Waals surface area contributed by atoms with Crippen LogP contribution in [0.25, 0.3) is 10.8 Å². The van der Waals surface area contributed by atoms with Crippen molar-refractivity contribution in [1.29, 1.82) is 0 Å². The predicted molar refractivity (Wildman–Crippen MR) is 78.7 cm³/mol. The van der Waals surface area contributed by atoms with Gasteiger partial charge in [0.15, 0.2) is 0 Å². The number of rotatable bonds is 4. The van der Waals surface area contributed by atoms with Crippen LogP contribution in [-0.2, 0) is 11.2 Å². The molecule has 5 heteroatoms. The Kier molecular flexibility index (Phi) is 3.87. The van der Waals surface area contributed by atoms with E-state index in [1.807, 2.05) is 24.4 Å². The summed E-state index contributed by atoms with van der Waals surface area (Å²) in [5.74, 6) is 1.39. The Bertz CT molecular complexity index is 583. The van der Waals surface area contributed by atoms with Crippen LogP contribution >= 0.6 is 11.3 Å². The summed E-state index contributed by atoms with van der Waals surface area (Å²) in [5.41, 5.74) is 0.740. The van der Waals surface area contributed by atoms with E-state index >= 15 is 0 Å². The van der Waals surface area contributed by atoms with Crippen LogP contribution in [0.3, 0.4) is 0 Å². The third-order valence-electron chi connectivity index (χ3n) is 3.67. The Morgan fingerprint density at radius 1 is 1.50 bits per heavy atom. The van der Waals surface area contributed by atoms with E-state index in [1.165, 1.54) is 12.8 Å². The lowest BCUT2D eigenvalue weighted by molar-refractivity contribution is -0.121. The van der Waals surface area contributed by atoms with Gasteiger partial charge in [-0.25, -0.2) is 4.98 Å². The van der Waals surface area contributed by atoms with Crippen LogP contribution in [0.15, 0.2) is 21.9 Å². The van der Waals surface area contributed by atoms with E-state index in [4.69, 9.17) is 4.42 Å². The van der Waals surface area contributed by atoms with Gasteiger partial charge in [0, 0.05) is 6.04 Å². The molecule has 0 atom stereocenters. The van der Waals surface area contributed by atoms with Gasteiger partial charge >= 0.3 is 0 Å². The zero-order valence-electron chi connectivity index (χ0n) is 11.5. The fourth-order valence-corrected chi connectivity index (χ4v) is 3.25. The Morgan fingerprint density at radius 2 is 2.30 bits per heavy atom. The smallest absolute Gasteiger partial charge is 0.236 e. The van der Waals surface area contributed by atoms with Crippen LogP contribution in [0.2, 0.25) is 0 Å². The van der Waals surface area contributed by atoms with Crippen molar-refractivity contribution in [3.8, 4) is 10.8 Å². The van der Waals surface area contributed by atoms with Crippen LogP contribution in [-0.4, -0.2) is 16.9 Å². The standard InChI is InChI=1S/C15H18N2O2S/c1-10-12(9-14(18)16-11-5-2-3-6-11)17-15(19-10)13-7-4-8-20-13/h4,7-8,11H,2-3,5-6,9H2,1H3,(H,16,18). The average Bonchev–Trinajstić information content (AvgIpc) is 3.12. The van der Waals surface area contributed by atoms with Gasteiger partial charge in [-0.05, 0) is 31.2 Å². The Morgan fingerprint density at radius 3 is 3.00 bits per heavy atom. The first-order chi connectivity index (χ1) is 9.72. The molecule has 1 fully saturated rings. The zero-order valence-corrected chi connectivity index (χ0v) is 12.3. The second kappa shape index (κ2) is 5.79. The molecule has 0 aromatic carbocycles. The largest absolute Gasteiger partial charge is 0.440 e. The molecular weight excluding hydrogens is 272 g/mol. The maximum Gasteiger partial charge on any atom is 0.236 e. The molecule has 1 aliphatic rings. The van der Waals surface area contributed by atoms with Gasteiger partial charge in [-0.15, -0.1) is 11.3 Å². The van der Waals surface area contributed by atoms with Crippen molar-refractivity contribution in [1.82, 2.24) is 10.3 Å². The molecule has 1 aliphatic carbocycles. The van der Waals surface area contributed by atoms with Gasteiger partial charge in [-0.1, -0.05) is 18.9 Å². The average molecular weight is 290 g/mol. The molecule has 2 aromatic rings. The van der Waals surface area contributed by atoms with E-state index in [0.717, 1.165) is 29.2 Å². The number of amides is 1. The lowest BCUT2D eigenvalue weighted by atomic mass is 10.2. The number of nitrogens with zero attached hydrogens (tertiary/aromatic N) is 1. The number of aromatic nitrogens is 1. The van der Waals surface area contributed by atoms with E-state index in [0.29, 0.717) is 18.4 Å². The number of carbonyl (C=O) groups is 1. The molecule has 1 saturated carbocycles. The second-order valence-corrected chi connectivity index (χ2v) is 6.17. The fourth-order valence-electron chi connectivity index (χ4n) is 2.60. The molecule has 0 saturated heterocycles. The zero-order chi connectivity index (χ0) is 13.9. The molecule has 1 amide bonds. The summed E-state index contributed by atoms with van der Waals surface area (Å²) in [6.07, 6.45) is 4.94. The third kappa shape index (κ3) is 2.93.